The maximum Gasteiger partial charge on any atom is 0.254 e. The molecule has 3 rings (SSSR count). The van der Waals surface area contributed by atoms with Gasteiger partial charge in [-0.25, -0.2) is 0 Å². The quantitative estimate of drug-likeness (QED) is 0.886. The lowest BCUT2D eigenvalue weighted by molar-refractivity contribution is 0.0472. The van der Waals surface area contributed by atoms with Crippen molar-refractivity contribution in [3.63, 3.8) is 0 Å². The summed E-state index contributed by atoms with van der Waals surface area (Å²) < 4.78 is 0. The molecular weight excluding hydrogens is 290 g/mol. The summed E-state index contributed by atoms with van der Waals surface area (Å²) in [5.41, 5.74) is 1.37. The Bertz CT molecular complexity index is 712. The molecule has 1 amide bonds. The number of aliphatic hydroxyl groups is 1. The lowest BCUT2D eigenvalue weighted by Crippen LogP contribution is -2.42. The summed E-state index contributed by atoms with van der Waals surface area (Å²) in [6, 6.07) is 15.8. The van der Waals surface area contributed by atoms with Crippen LogP contribution in [-0.4, -0.2) is 40.9 Å². The third-order valence-electron chi connectivity index (χ3n) is 4.12. The smallest absolute Gasteiger partial charge is 0.254 e. The van der Waals surface area contributed by atoms with E-state index >= 15 is 0 Å². The summed E-state index contributed by atoms with van der Waals surface area (Å²) in [7, 11) is 0. The van der Waals surface area contributed by atoms with E-state index in [2.05, 4.69) is 0 Å². The number of rotatable bonds is 3. The zero-order valence-electron chi connectivity index (χ0n) is 12.8. The Morgan fingerprint density at radius 3 is 2.30 bits per heavy atom. The first-order valence-electron chi connectivity index (χ1n) is 7.83. The van der Waals surface area contributed by atoms with E-state index in [9.17, 15) is 14.7 Å². The van der Waals surface area contributed by atoms with E-state index in [0.29, 0.717) is 36.2 Å². The van der Waals surface area contributed by atoms with Crippen LogP contribution < -0.4 is 0 Å². The first-order valence-corrected chi connectivity index (χ1v) is 7.83. The van der Waals surface area contributed by atoms with Crippen LogP contribution in [0.1, 0.15) is 39.1 Å². The van der Waals surface area contributed by atoms with E-state index in [1.165, 1.54) is 0 Å². The normalized spacial score (nSPS) is 17.8. The third kappa shape index (κ3) is 3.32. The zero-order valence-corrected chi connectivity index (χ0v) is 12.8. The Labute approximate surface area is 135 Å². The highest BCUT2D eigenvalue weighted by Crippen LogP contribution is 2.19. The van der Waals surface area contributed by atoms with Crippen molar-refractivity contribution >= 4 is 11.7 Å². The molecule has 1 aliphatic rings. The molecule has 0 unspecified atom stereocenters. The fourth-order valence-electron chi connectivity index (χ4n) is 2.92. The van der Waals surface area contributed by atoms with Gasteiger partial charge in [-0.3, -0.25) is 9.59 Å². The van der Waals surface area contributed by atoms with E-state index < -0.39 is 6.10 Å². The predicted octanol–water partition coefficient (Wildman–Crippen LogP) is 2.51. The minimum atomic E-state index is -0.482. The number of amides is 1. The molecule has 1 fully saturated rings. The SMILES string of the molecule is O=C(c1ccccc1)c1ccccc1C(=O)N1CCC[C@H](O)C1. The van der Waals surface area contributed by atoms with Crippen LogP contribution in [0.3, 0.4) is 0 Å². The van der Waals surface area contributed by atoms with E-state index in [1.54, 1.807) is 53.4 Å². The molecule has 23 heavy (non-hydrogen) atoms. The summed E-state index contributed by atoms with van der Waals surface area (Å²) in [5.74, 6) is -0.351. The van der Waals surface area contributed by atoms with Crippen LogP contribution in [0.4, 0.5) is 0 Å². The topological polar surface area (TPSA) is 57.6 Å². The minimum Gasteiger partial charge on any atom is -0.391 e. The van der Waals surface area contributed by atoms with Crippen molar-refractivity contribution in [2.75, 3.05) is 13.1 Å². The molecule has 0 bridgehead atoms. The Hall–Kier alpha value is -2.46. The number of carbonyl (C=O) groups is 2. The molecule has 118 valence electrons. The summed E-state index contributed by atoms with van der Waals surface area (Å²) in [6.45, 7) is 0.941. The molecule has 1 atom stereocenters. The number of hydrogen-bond donors (Lipinski definition) is 1. The first kappa shape index (κ1) is 15.4. The van der Waals surface area contributed by atoms with Crippen LogP contribution in [0, 0.1) is 0 Å². The van der Waals surface area contributed by atoms with Gasteiger partial charge in [0.1, 0.15) is 0 Å². The van der Waals surface area contributed by atoms with Crippen molar-refractivity contribution in [2.24, 2.45) is 0 Å². The monoisotopic (exact) mass is 309 g/mol. The van der Waals surface area contributed by atoms with Gasteiger partial charge in [0.15, 0.2) is 5.78 Å². The number of likely N-dealkylation sites (tertiary alicyclic amines) is 1. The van der Waals surface area contributed by atoms with Crippen molar-refractivity contribution in [3.05, 3.63) is 71.3 Å². The Kier molecular flexibility index (Phi) is 4.53. The van der Waals surface area contributed by atoms with Crippen LogP contribution in [0.2, 0.25) is 0 Å². The van der Waals surface area contributed by atoms with Crippen LogP contribution in [-0.2, 0) is 0 Å². The molecule has 1 N–H and O–H groups in total. The molecule has 4 heteroatoms. The summed E-state index contributed by atoms with van der Waals surface area (Å²) in [4.78, 5) is 27.1. The van der Waals surface area contributed by atoms with Gasteiger partial charge < -0.3 is 10.0 Å². The van der Waals surface area contributed by atoms with E-state index in [1.807, 2.05) is 6.07 Å². The highest BCUT2D eigenvalue weighted by Gasteiger charge is 2.26. The van der Waals surface area contributed by atoms with Gasteiger partial charge in [-0.2, -0.15) is 0 Å². The fraction of sp³-hybridized carbons (Fsp3) is 0.263. The maximum absolute atomic E-state index is 12.8. The number of ketones is 1. The molecular formula is C19H19NO3. The summed E-state index contributed by atoms with van der Waals surface area (Å²) >= 11 is 0. The number of piperidine rings is 1. The van der Waals surface area contributed by atoms with Gasteiger partial charge in [0.25, 0.3) is 5.91 Å². The van der Waals surface area contributed by atoms with Gasteiger partial charge >= 0.3 is 0 Å². The van der Waals surface area contributed by atoms with Crippen LogP contribution >= 0.6 is 0 Å². The molecule has 2 aromatic carbocycles. The van der Waals surface area contributed by atoms with Crippen molar-refractivity contribution in [2.45, 2.75) is 18.9 Å². The summed E-state index contributed by atoms with van der Waals surface area (Å²) in [5, 5.41) is 9.77. The minimum absolute atomic E-state index is 0.160. The van der Waals surface area contributed by atoms with Crippen molar-refractivity contribution in [1.82, 2.24) is 4.90 Å². The van der Waals surface area contributed by atoms with E-state index in [4.69, 9.17) is 0 Å². The molecule has 0 radical (unpaired) electrons. The second kappa shape index (κ2) is 6.75. The van der Waals surface area contributed by atoms with Gasteiger partial charge in [-0.05, 0) is 18.9 Å². The molecule has 1 saturated heterocycles. The molecule has 0 saturated carbocycles. The number of benzene rings is 2. The van der Waals surface area contributed by atoms with Gasteiger partial charge in [-0.15, -0.1) is 0 Å². The van der Waals surface area contributed by atoms with E-state index in [-0.39, 0.29) is 11.7 Å². The zero-order chi connectivity index (χ0) is 16.2. The molecule has 0 aliphatic carbocycles. The van der Waals surface area contributed by atoms with Crippen LogP contribution in [0.25, 0.3) is 0 Å². The molecule has 1 aliphatic heterocycles. The number of nitrogens with zero attached hydrogens (tertiary/aromatic N) is 1. The standard InChI is InChI=1S/C19H19NO3/c21-15-9-6-12-20(13-15)19(23)17-11-5-4-10-16(17)18(22)14-7-2-1-3-8-14/h1-5,7-8,10-11,15,21H,6,9,12-13H2/t15-/m0/s1. The Balaban J connectivity index is 1.92. The van der Waals surface area contributed by atoms with Gasteiger partial charge in [0.05, 0.1) is 11.7 Å². The number of aliphatic hydroxyl groups excluding tert-OH is 1. The van der Waals surface area contributed by atoms with Crippen molar-refractivity contribution in [3.8, 4) is 0 Å². The van der Waals surface area contributed by atoms with E-state index in [0.717, 1.165) is 6.42 Å². The van der Waals surface area contributed by atoms with Gasteiger partial charge in [0.2, 0.25) is 0 Å². The van der Waals surface area contributed by atoms with Gasteiger partial charge in [0, 0.05) is 24.2 Å². The number of hydrogen-bond acceptors (Lipinski definition) is 3. The average molecular weight is 309 g/mol. The lowest BCUT2D eigenvalue weighted by Gasteiger charge is -2.30. The molecule has 1 heterocycles. The number of β-amino-alcohol motifs (C(OH)–C–C–N with tert-alkyl or cyclic N) is 1. The highest BCUT2D eigenvalue weighted by atomic mass is 16.3. The molecule has 2 aromatic rings. The largest absolute Gasteiger partial charge is 0.391 e. The van der Waals surface area contributed by atoms with Gasteiger partial charge in [-0.1, -0.05) is 48.5 Å². The average Bonchev–Trinajstić information content (AvgIpc) is 2.61. The summed E-state index contributed by atoms with van der Waals surface area (Å²) in [6.07, 6.45) is 1.01. The lowest BCUT2D eigenvalue weighted by atomic mass is 9.97. The predicted molar refractivity (Wildman–Crippen MR) is 87.5 cm³/mol. The van der Waals surface area contributed by atoms with Crippen LogP contribution in [0.5, 0.6) is 0 Å². The van der Waals surface area contributed by atoms with Crippen molar-refractivity contribution in [1.29, 1.82) is 0 Å². The highest BCUT2D eigenvalue weighted by molar-refractivity contribution is 6.15. The first-order chi connectivity index (χ1) is 11.2. The molecule has 0 aromatic heterocycles. The Morgan fingerprint density at radius 1 is 0.957 bits per heavy atom. The Morgan fingerprint density at radius 2 is 1.61 bits per heavy atom. The van der Waals surface area contributed by atoms with Crippen molar-refractivity contribution < 1.29 is 14.7 Å². The maximum atomic E-state index is 12.8. The fourth-order valence-corrected chi connectivity index (χ4v) is 2.92. The number of carbonyl (C=O) groups excluding carboxylic acids is 2. The second-order valence-corrected chi connectivity index (χ2v) is 5.79. The third-order valence-corrected chi connectivity index (χ3v) is 4.12. The van der Waals surface area contributed by atoms with Crippen LogP contribution in [0.15, 0.2) is 54.6 Å². The second-order valence-electron chi connectivity index (χ2n) is 5.79. The molecule has 4 nitrogen and oxygen atoms in total. The molecule has 0 spiro atoms.